The van der Waals surface area contributed by atoms with Crippen molar-refractivity contribution in [3.63, 3.8) is 0 Å². The molecule has 2 unspecified atom stereocenters. The predicted octanol–water partition coefficient (Wildman–Crippen LogP) is 5.00. The third-order valence-corrected chi connectivity index (χ3v) is 6.15. The minimum absolute atomic E-state index is 0.293. The predicted molar refractivity (Wildman–Crippen MR) is 133 cm³/mol. The topological polar surface area (TPSA) is 71.0 Å². The van der Waals surface area contributed by atoms with E-state index in [0.29, 0.717) is 32.6 Å². The quantitative estimate of drug-likeness (QED) is 0.495. The van der Waals surface area contributed by atoms with Crippen LogP contribution in [0.1, 0.15) is 41.7 Å². The molecule has 4 rings (SSSR count). The van der Waals surface area contributed by atoms with E-state index in [9.17, 15) is 9.90 Å². The highest BCUT2D eigenvalue weighted by Gasteiger charge is 2.33. The van der Waals surface area contributed by atoms with Gasteiger partial charge in [-0.2, -0.15) is 0 Å². The standard InChI is InChI=1S/C28H32N2O4/c1-3-33-28(32)29-24-16-14-22-23(27(24)31)15-17-25(34-19-21-12-8-5-9-13-21)26(22)30(2)18-20-10-6-4-7-11-20/h4-13,15,17,24,27,31H,3,14,16,18-19H2,1-2H3,(H,29,32). The smallest absolute Gasteiger partial charge is 0.407 e. The van der Waals surface area contributed by atoms with E-state index in [1.54, 1.807) is 6.92 Å². The van der Waals surface area contributed by atoms with Crippen molar-refractivity contribution in [1.29, 1.82) is 0 Å². The fraction of sp³-hybridized carbons (Fsp3) is 0.321. The number of nitrogens with zero attached hydrogens (tertiary/aromatic N) is 1. The molecule has 34 heavy (non-hydrogen) atoms. The number of aliphatic hydroxyl groups excluding tert-OH is 1. The summed E-state index contributed by atoms with van der Waals surface area (Å²) < 4.78 is 11.3. The van der Waals surface area contributed by atoms with E-state index in [1.165, 1.54) is 5.56 Å². The zero-order valence-corrected chi connectivity index (χ0v) is 19.7. The van der Waals surface area contributed by atoms with Crippen LogP contribution in [0.4, 0.5) is 10.5 Å². The minimum atomic E-state index is -0.819. The Morgan fingerprint density at radius 2 is 1.71 bits per heavy atom. The monoisotopic (exact) mass is 460 g/mol. The van der Waals surface area contributed by atoms with Crippen LogP contribution in [0.15, 0.2) is 72.8 Å². The van der Waals surface area contributed by atoms with Crippen molar-refractivity contribution in [3.8, 4) is 5.75 Å². The first-order valence-corrected chi connectivity index (χ1v) is 11.8. The van der Waals surface area contributed by atoms with Crippen LogP contribution in [0.2, 0.25) is 0 Å². The summed E-state index contributed by atoms with van der Waals surface area (Å²) in [6.45, 7) is 3.22. The molecule has 2 N–H and O–H groups in total. The summed E-state index contributed by atoms with van der Waals surface area (Å²) in [6, 6.07) is 23.8. The highest BCUT2D eigenvalue weighted by molar-refractivity contribution is 5.69. The lowest BCUT2D eigenvalue weighted by molar-refractivity contribution is 0.0982. The first-order chi connectivity index (χ1) is 16.6. The summed E-state index contributed by atoms with van der Waals surface area (Å²) in [5.74, 6) is 0.782. The van der Waals surface area contributed by atoms with Crippen LogP contribution in [0.3, 0.4) is 0 Å². The zero-order valence-electron chi connectivity index (χ0n) is 19.7. The van der Waals surface area contributed by atoms with Crippen LogP contribution >= 0.6 is 0 Å². The number of nitrogens with one attached hydrogen (secondary N) is 1. The molecule has 6 nitrogen and oxygen atoms in total. The van der Waals surface area contributed by atoms with E-state index in [2.05, 4.69) is 22.3 Å². The Bertz CT molecular complexity index is 1090. The van der Waals surface area contributed by atoms with E-state index in [1.807, 2.05) is 67.7 Å². The second kappa shape index (κ2) is 11.1. The van der Waals surface area contributed by atoms with Crippen LogP contribution in [0.25, 0.3) is 0 Å². The van der Waals surface area contributed by atoms with E-state index in [4.69, 9.17) is 9.47 Å². The van der Waals surface area contributed by atoms with Gasteiger partial charge in [-0.05, 0) is 48.1 Å². The number of carbonyl (C=O) groups is 1. The molecule has 0 radical (unpaired) electrons. The molecule has 0 bridgehead atoms. The zero-order chi connectivity index (χ0) is 23.9. The lowest BCUT2D eigenvalue weighted by Gasteiger charge is -2.34. The highest BCUT2D eigenvalue weighted by Crippen LogP contribution is 2.42. The van der Waals surface area contributed by atoms with E-state index < -0.39 is 18.2 Å². The Morgan fingerprint density at radius 3 is 2.38 bits per heavy atom. The van der Waals surface area contributed by atoms with Gasteiger partial charge in [0.15, 0.2) is 0 Å². The van der Waals surface area contributed by atoms with Gasteiger partial charge in [-0.1, -0.05) is 66.7 Å². The highest BCUT2D eigenvalue weighted by atomic mass is 16.5. The summed E-state index contributed by atoms with van der Waals surface area (Å²) in [6.07, 6.45) is 0.00123. The van der Waals surface area contributed by atoms with Gasteiger partial charge in [-0.25, -0.2) is 4.79 Å². The number of aliphatic hydroxyl groups is 1. The molecular weight excluding hydrogens is 428 g/mol. The van der Waals surface area contributed by atoms with Crippen molar-refractivity contribution >= 4 is 11.8 Å². The third kappa shape index (κ3) is 5.51. The van der Waals surface area contributed by atoms with Gasteiger partial charge < -0.3 is 24.8 Å². The lowest BCUT2D eigenvalue weighted by atomic mass is 9.84. The van der Waals surface area contributed by atoms with Crippen LogP contribution in [0.5, 0.6) is 5.75 Å². The Kier molecular flexibility index (Phi) is 7.70. The van der Waals surface area contributed by atoms with Crippen molar-refractivity contribution in [3.05, 3.63) is 95.1 Å². The summed E-state index contributed by atoms with van der Waals surface area (Å²) >= 11 is 0. The molecule has 0 fully saturated rings. The molecule has 2 atom stereocenters. The Hall–Kier alpha value is -3.51. The van der Waals surface area contributed by atoms with E-state index in [0.717, 1.165) is 28.1 Å². The molecule has 0 saturated heterocycles. The number of rotatable bonds is 8. The van der Waals surface area contributed by atoms with Crippen molar-refractivity contribution in [2.75, 3.05) is 18.6 Å². The molecule has 3 aromatic rings. The number of anilines is 1. The van der Waals surface area contributed by atoms with Crippen LogP contribution < -0.4 is 15.0 Å². The molecule has 1 amide bonds. The number of benzene rings is 3. The number of fused-ring (bicyclic) bond motifs is 1. The second-order valence-electron chi connectivity index (χ2n) is 8.55. The molecule has 1 aliphatic carbocycles. The Labute approximate surface area is 201 Å². The Morgan fingerprint density at radius 1 is 1.03 bits per heavy atom. The number of hydrogen-bond acceptors (Lipinski definition) is 5. The largest absolute Gasteiger partial charge is 0.487 e. The molecule has 1 aliphatic rings. The van der Waals surface area contributed by atoms with Crippen LogP contribution in [-0.4, -0.2) is 30.9 Å². The first kappa shape index (κ1) is 23.6. The molecule has 0 aromatic heterocycles. The maximum atomic E-state index is 11.9. The molecule has 0 heterocycles. The maximum Gasteiger partial charge on any atom is 0.407 e. The fourth-order valence-corrected chi connectivity index (χ4v) is 4.53. The summed E-state index contributed by atoms with van der Waals surface area (Å²) in [5.41, 5.74) is 5.13. The third-order valence-electron chi connectivity index (χ3n) is 6.15. The van der Waals surface area contributed by atoms with Gasteiger partial charge in [0, 0.05) is 13.6 Å². The first-order valence-electron chi connectivity index (χ1n) is 11.8. The van der Waals surface area contributed by atoms with Crippen molar-refractivity contribution in [2.45, 2.75) is 45.1 Å². The summed E-state index contributed by atoms with van der Waals surface area (Å²) in [4.78, 5) is 14.1. The lowest BCUT2D eigenvalue weighted by Crippen LogP contribution is -2.42. The molecule has 0 aliphatic heterocycles. The van der Waals surface area contributed by atoms with E-state index >= 15 is 0 Å². The number of ether oxygens (including phenoxy) is 2. The molecule has 6 heteroatoms. The van der Waals surface area contributed by atoms with Gasteiger partial charge in [0.05, 0.1) is 24.4 Å². The van der Waals surface area contributed by atoms with Gasteiger partial charge in [-0.3, -0.25) is 0 Å². The van der Waals surface area contributed by atoms with Gasteiger partial charge in [0.2, 0.25) is 0 Å². The van der Waals surface area contributed by atoms with Gasteiger partial charge >= 0.3 is 6.09 Å². The van der Waals surface area contributed by atoms with E-state index in [-0.39, 0.29) is 0 Å². The van der Waals surface area contributed by atoms with Crippen LogP contribution in [-0.2, 0) is 24.3 Å². The molecular formula is C28H32N2O4. The normalized spacial score (nSPS) is 16.9. The van der Waals surface area contributed by atoms with Crippen molar-refractivity contribution in [2.24, 2.45) is 0 Å². The number of amides is 1. The molecule has 178 valence electrons. The number of hydrogen-bond donors (Lipinski definition) is 2. The average Bonchev–Trinajstić information content (AvgIpc) is 2.85. The number of carbonyl (C=O) groups excluding carboxylic acids is 1. The molecule has 0 saturated carbocycles. The average molecular weight is 461 g/mol. The second-order valence-corrected chi connectivity index (χ2v) is 8.55. The minimum Gasteiger partial charge on any atom is -0.487 e. The molecule has 3 aromatic carbocycles. The summed E-state index contributed by atoms with van der Waals surface area (Å²) in [5, 5.41) is 13.9. The molecule has 0 spiro atoms. The van der Waals surface area contributed by atoms with Gasteiger partial charge in [0.1, 0.15) is 12.4 Å². The van der Waals surface area contributed by atoms with Gasteiger partial charge in [-0.15, -0.1) is 0 Å². The van der Waals surface area contributed by atoms with Crippen molar-refractivity contribution in [1.82, 2.24) is 5.32 Å². The number of alkyl carbamates (subject to hydrolysis) is 1. The maximum absolute atomic E-state index is 11.9. The Balaban J connectivity index is 1.64. The van der Waals surface area contributed by atoms with Crippen LogP contribution in [0, 0.1) is 0 Å². The SMILES string of the molecule is CCOC(=O)NC1CCc2c(ccc(OCc3ccccc3)c2N(C)Cc2ccccc2)C1O. The van der Waals surface area contributed by atoms with Gasteiger partial charge in [0.25, 0.3) is 0 Å². The van der Waals surface area contributed by atoms with Crippen molar-refractivity contribution < 1.29 is 19.4 Å². The fourth-order valence-electron chi connectivity index (χ4n) is 4.53. The summed E-state index contributed by atoms with van der Waals surface area (Å²) in [7, 11) is 2.05.